The minimum Gasteiger partial charge on any atom is -0.329 e. The highest BCUT2D eigenvalue weighted by atomic mass is 15.2. The number of hydrogen-bond donors (Lipinski definition) is 1. The van der Waals surface area contributed by atoms with E-state index in [0.717, 1.165) is 19.0 Å². The molecule has 1 heterocycles. The van der Waals surface area contributed by atoms with Crippen LogP contribution in [-0.4, -0.2) is 29.6 Å². The maximum atomic E-state index is 6.05. The molecule has 3 unspecified atom stereocenters. The largest absolute Gasteiger partial charge is 0.329 e. The monoisotopic (exact) mass is 260 g/mol. The first kappa shape index (κ1) is 14.5. The molecule has 2 nitrogen and oxygen atoms in total. The molecule has 0 bridgehead atoms. The third-order valence-corrected chi connectivity index (χ3v) is 4.62. The van der Waals surface area contributed by atoms with Gasteiger partial charge < -0.3 is 5.73 Å². The Hall–Kier alpha value is -0.860. The summed E-state index contributed by atoms with van der Waals surface area (Å²) in [7, 11) is 0. The fraction of sp³-hybridized carbons (Fsp3) is 0.647. The molecule has 0 spiro atoms. The molecule has 1 aromatic rings. The summed E-state index contributed by atoms with van der Waals surface area (Å²) in [5.41, 5.74) is 7.49. The summed E-state index contributed by atoms with van der Waals surface area (Å²) in [5.74, 6) is 0. The Morgan fingerprint density at radius 2 is 2.00 bits per heavy atom. The highest BCUT2D eigenvalue weighted by Gasteiger charge is 2.33. The normalized spacial score (nSPS) is 25.6. The highest BCUT2D eigenvalue weighted by Crippen LogP contribution is 2.29. The van der Waals surface area contributed by atoms with E-state index in [-0.39, 0.29) is 0 Å². The van der Waals surface area contributed by atoms with E-state index in [1.165, 1.54) is 31.2 Å². The lowest BCUT2D eigenvalue weighted by Gasteiger charge is -2.35. The Morgan fingerprint density at radius 3 is 2.63 bits per heavy atom. The van der Waals surface area contributed by atoms with Crippen LogP contribution in [0.5, 0.6) is 0 Å². The van der Waals surface area contributed by atoms with Gasteiger partial charge in [-0.1, -0.05) is 37.3 Å². The van der Waals surface area contributed by atoms with Crippen molar-refractivity contribution in [1.29, 1.82) is 0 Å². The molecule has 0 aromatic heterocycles. The highest BCUT2D eigenvalue weighted by molar-refractivity contribution is 5.15. The van der Waals surface area contributed by atoms with E-state index in [1.807, 2.05) is 0 Å². The van der Waals surface area contributed by atoms with Crippen molar-refractivity contribution in [1.82, 2.24) is 4.90 Å². The van der Waals surface area contributed by atoms with Gasteiger partial charge in [-0.15, -0.1) is 0 Å². The Balaban J connectivity index is 1.95. The summed E-state index contributed by atoms with van der Waals surface area (Å²) in [6.45, 7) is 5.45. The first-order chi connectivity index (χ1) is 9.26. The number of rotatable bonds is 6. The second-order valence-electron chi connectivity index (χ2n) is 5.85. The number of likely N-dealkylation sites (tertiary alicyclic amines) is 1. The van der Waals surface area contributed by atoms with Crippen molar-refractivity contribution in [3.8, 4) is 0 Å². The van der Waals surface area contributed by atoms with E-state index in [0.29, 0.717) is 12.1 Å². The number of nitrogens with zero attached hydrogens (tertiary/aromatic N) is 1. The summed E-state index contributed by atoms with van der Waals surface area (Å²) in [6, 6.07) is 12.8. The molecule has 0 amide bonds. The molecule has 2 N–H and O–H groups in total. The van der Waals surface area contributed by atoms with Crippen LogP contribution in [0.1, 0.15) is 45.1 Å². The lowest BCUT2D eigenvalue weighted by Crippen LogP contribution is -2.47. The molecule has 1 aliphatic heterocycles. The molecule has 19 heavy (non-hydrogen) atoms. The molecule has 2 heteroatoms. The Morgan fingerprint density at radius 1 is 1.26 bits per heavy atom. The predicted molar refractivity (Wildman–Crippen MR) is 82.2 cm³/mol. The van der Waals surface area contributed by atoms with Crippen LogP contribution in [-0.2, 0) is 6.42 Å². The van der Waals surface area contributed by atoms with Gasteiger partial charge in [0.2, 0.25) is 0 Å². The van der Waals surface area contributed by atoms with Crippen LogP contribution >= 0.6 is 0 Å². The number of nitrogens with two attached hydrogens (primary N) is 1. The lowest BCUT2D eigenvalue weighted by atomic mass is 10.0. The number of benzene rings is 1. The van der Waals surface area contributed by atoms with Gasteiger partial charge in [-0.05, 0) is 44.6 Å². The first-order valence-corrected chi connectivity index (χ1v) is 7.77. The third kappa shape index (κ3) is 3.58. The summed E-state index contributed by atoms with van der Waals surface area (Å²) in [6.07, 6.45) is 6.26. The molecular weight excluding hydrogens is 232 g/mol. The van der Waals surface area contributed by atoms with Gasteiger partial charge in [-0.25, -0.2) is 0 Å². The van der Waals surface area contributed by atoms with Crippen LogP contribution in [0.25, 0.3) is 0 Å². The van der Waals surface area contributed by atoms with Crippen molar-refractivity contribution in [3.05, 3.63) is 35.9 Å². The SMILES string of the molecule is CCC1CCC(C)N1C(CN)CCc1ccccc1. The van der Waals surface area contributed by atoms with Gasteiger partial charge in [0.1, 0.15) is 0 Å². The van der Waals surface area contributed by atoms with Gasteiger partial charge in [-0.3, -0.25) is 4.90 Å². The summed E-state index contributed by atoms with van der Waals surface area (Å²) in [4.78, 5) is 2.70. The first-order valence-electron chi connectivity index (χ1n) is 7.77. The summed E-state index contributed by atoms with van der Waals surface area (Å²) < 4.78 is 0. The van der Waals surface area contributed by atoms with Crippen LogP contribution in [0.2, 0.25) is 0 Å². The second-order valence-corrected chi connectivity index (χ2v) is 5.85. The molecule has 1 fully saturated rings. The molecule has 1 saturated heterocycles. The second kappa shape index (κ2) is 7.06. The van der Waals surface area contributed by atoms with Crippen molar-refractivity contribution in [2.75, 3.05) is 6.54 Å². The van der Waals surface area contributed by atoms with Gasteiger partial charge in [0.15, 0.2) is 0 Å². The number of hydrogen-bond acceptors (Lipinski definition) is 2. The van der Waals surface area contributed by atoms with Crippen molar-refractivity contribution >= 4 is 0 Å². The molecule has 0 aliphatic carbocycles. The zero-order chi connectivity index (χ0) is 13.7. The zero-order valence-electron chi connectivity index (χ0n) is 12.4. The molecule has 1 aliphatic rings. The quantitative estimate of drug-likeness (QED) is 0.851. The average Bonchev–Trinajstić information content (AvgIpc) is 2.82. The van der Waals surface area contributed by atoms with Gasteiger partial charge in [0, 0.05) is 24.7 Å². The van der Waals surface area contributed by atoms with Crippen molar-refractivity contribution in [3.63, 3.8) is 0 Å². The Labute approximate surface area is 118 Å². The van der Waals surface area contributed by atoms with Crippen molar-refractivity contribution in [2.45, 2.75) is 64.1 Å². The minimum atomic E-state index is 0.544. The molecule has 106 valence electrons. The molecule has 2 rings (SSSR count). The molecule has 0 saturated carbocycles. The zero-order valence-corrected chi connectivity index (χ0v) is 12.4. The maximum absolute atomic E-state index is 6.05. The molecular formula is C17H28N2. The standard InChI is InChI=1S/C17H28N2/c1-3-16-11-9-14(2)19(16)17(13-18)12-10-15-7-5-4-6-8-15/h4-8,14,16-17H,3,9-13,18H2,1-2H3. The van der Waals surface area contributed by atoms with E-state index in [2.05, 4.69) is 49.1 Å². The smallest absolute Gasteiger partial charge is 0.0227 e. The van der Waals surface area contributed by atoms with Crippen LogP contribution < -0.4 is 5.73 Å². The fourth-order valence-corrected chi connectivity index (χ4v) is 3.53. The third-order valence-electron chi connectivity index (χ3n) is 4.62. The van der Waals surface area contributed by atoms with Crippen LogP contribution in [0, 0.1) is 0 Å². The van der Waals surface area contributed by atoms with E-state index >= 15 is 0 Å². The minimum absolute atomic E-state index is 0.544. The van der Waals surface area contributed by atoms with Gasteiger partial charge in [0.25, 0.3) is 0 Å². The Bertz CT molecular complexity index is 363. The van der Waals surface area contributed by atoms with Crippen molar-refractivity contribution in [2.24, 2.45) is 5.73 Å². The maximum Gasteiger partial charge on any atom is 0.0227 e. The van der Waals surface area contributed by atoms with E-state index < -0.39 is 0 Å². The predicted octanol–water partition coefficient (Wildman–Crippen LogP) is 3.21. The fourth-order valence-electron chi connectivity index (χ4n) is 3.53. The topological polar surface area (TPSA) is 29.3 Å². The van der Waals surface area contributed by atoms with Crippen LogP contribution in [0.15, 0.2) is 30.3 Å². The molecule has 1 aromatic carbocycles. The number of aryl methyl sites for hydroxylation is 1. The van der Waals surface area contributed by atoms with Crippen molar-refractivity contribution < 1.29 is 0 Å². The van der Waals surface area contributed by atoms with E-state index in [9.17, 15) is 0 Å². The average molecular weight is 260 g/mol. The summed E-state index contributed by atoms with van der Waals surface area (Å²) in [5, 5.41) is 0. The lowest BCUT2D eigenvalue weighted by molar-refractivity contribution is 0.130. The summed E-state index contributed by atoms with van der Waals surface area (Å²) >= 11 is 0. The van der Waals surface area contributed by atoms with Gasteiger partial charge >= 0.3 is 0 Å². The van der Waals surface area contributed by atoms with Gasteiger partial charge in [0.05, 0.1) is 0 Å². The van der Waals surface area contributed by atoms with Gasteiger partial charge in [-0.2, -0.15) is 0 Å². The molecule has 3 atom stereocenters. The van der Waals surface area contributed by atoms with E-state index in [1.54, 1.807) is 0 Å². The van der Waals surface area contributed by atoms with Crippen LogP contribution in [0.3, 0.4) is 0 Å². The van der Waals surface area contributed by atoms with E-state index in [4.69, 9.17) is 5.73 Å². The molecule has 0 radical (unpaired) electrons. The van der Waals surface area contributed by atoms with Crippen LogP contribution in [0.4, 0.5) is 0 Å². The Kier molecular flexibility index (Phi) is 5.41.